The number of aryl methyl sites for hydroxylation is 1. The number of ether oxygens (including phenoxy) is 1. The Morgan fingerprint density at radius 1 is 1.16 bits per heavy atom. The second-order valence-electron chi connectivity index (χ2n) is 9.33. The van der Waals surface area contributed by atoms with Crippen LogP contribution >= 0.6 is 11.3 Å². The molecule has 188 valence electrons. The number of hydrogen-bond acceptors (Lipinski definition) is 7. The number of para-hydroxylation sites is 1. The fraction of sp³-hybridized carbons (Fsp3) is 0.259. The third-order valence-corrected chi connectivity index (χ3v) is 7.95. The Hall–Kier alpha value is -4.02. The van der Waals surface area contributed by atoms with Crippen LogP contribution in [-0.4, -0.2) is 34.0 Å². The summed E-state index contributed by atoms with van der Waals surface area (Å²) in [6.45, 7) is 1.90. The maximum Gasteiger partial charge on any atom is 0.331 e. The van der Waals surface area contributed by atoms with Crippen LogP contribution < -0.4 is 26.0 Å². The molecule has 37 heavy (non-hydrogen) atoms. The number of hydrogen-bond donors (Lipinski definition) is 3. The molecule has 1 aromatic carbocycles. The Labute approximate surface area is 217 Å². The minimum absolute atomic E-state index is 0.0634. The van der Waals surface area contributed by atoms with Crippen molar-refractivity contribution in [3.8, 4) is 11.6 Å². The van der Waals surface area contributed by atoms with Gasteiger partial charge in [-0.05, 0) is 43.5 Å². The van der Waals surface area contributed by atoms with Crippen LogP contribution in [-0.2, 0) is 0 Å². The zero-order valence-corrected chi connectivity index (χ0v) is 21.0. The maximum atomic E-state index is 13.4. The zero-order chi connectivity index (χ0) is 25.5. The van der Waals surface area contributed by atoms with Gasteiger partial charge in [-0.2, -0.15) is 0 Å². The molecule has 0 radical (unpaired) electrons. The van der Waals surface area contributed by atoms with E-state index in [9.17, 15) is 9.59 Å². The van der Waals surface area contributed by atoms with Gasteiger partial charge in [0, 0.05) is 24.3 Å². The van der Waals surface area contributed by atoms with Crippen LogP contribution in [0.15, 0.2) is 54.9 Å². The first-order chi connectivity index (χ1) is 18.0. The molecule has 2 atom stereocenters. The highest BCUT2D eigenvalue weighted by atomic mass is 32.1. The Bertz CT molecular complexity index is 1510. The second kappa shape index (κ2) is 9.45. The van der Waals surface area contributed by atoms with Crippen LogP contribution in [0.5, 0.6) is 11.6 Å². The number of thiophene rings is 1. The summed E-state index contributed by atoms with van der Waals surface area (Å²) in [6.07, 6.45) is 7.14. The molecule has 0 unspecified atom stereocenters. The molecule has 4 heterocycles. The van der Waals surface area contributed by atoms with Gasteiger partial charge in [-0.1, -0.05) is 31.0 Å². The van der Waals surface area contributed by atoms with E-state index in [0.717, 1.165) is 36.6 Å². The van der Waals surface area contributed by atoms with Crippen molar-refractivity contribution >= 4 is 50.6 Å². The van der Waals surface area contributed by atoms with E-state index in [1.807, 2.05) is 37.3 Å². The van der Waals surface area contributed by atoms with Crippen LogP contribution in [0.4, 0.5) is 21.9 Å². The van der Waals surface area contributed by atoms with E-state index in [-0.39, 0.29) is 24.0 Å². The van der Waals surface area contributed by atoms with E-state index in [1.54, 1.807) is 29.4 Å². The van der Waals surface area contributed by atoms with Gasteiger partial charge < -0.3 is 21.1 Å². The van der Waals surface area contributed by atoms with Crippen LogP contribution in [0.3, 0.4) is 0 Å². The molecule has 6 rings (SSSR count). The summed E-state index contributed by atoms with van der Waals surface area (Å²) < 4.78 is 5.85. The van der Waals surface area contributed by atoms with E-state index < -0.39 is 0 Å². The number of carbonyl (C=O) groups is 2. The number of nitrogens with one attached hydrogen (secondary N) is 2. The van der Waals surface area contributed by atoms with Crippen LogP contribution in [0.25, 0.3) is 10.2 Å². The molecule has 2 aliphatic rings. The average Bonchev–Trinajstić information content (AvgIpc) is 3.26. The highest BCUT2D eigenvalue weighted by Crippen LogP contribution is 2.46. The summed E-state index contributed by atoms with van der Waals surface area (Å²) in [6, 6.07) is 12.5. The van der Waals surface area contributed by atoms with Gasteiger partial charge in [-0.25, -0.2) is 14.8 Å². The number of nitrogens with two attached hydrogens (primary N) is 1. The number of carbonyl (C=O) groups excluding carboxylic acids is 2. The van der Waals surface area contributed by atoms with Crippen molar-refractivity contribution in [2.75, 3.05) is 10.2 Å². The van der Waals surface area contributed by atoms with Crippen molar-refractivity contribution in [1.82, 2.24) is 15.3 Å². The van der Waals surface area contributed by atoms with Crippen molar-refractivity contribution in [3.63, 3.8) is 0 Å². The van der Waals surface area contributed by atoms with Gasteiger partial charge in [-0.15, -0.1) is 11.3 Å². The molecule has 3 aromatic heterocycles. The van der Waals surface area contributed by atoms with E-state index in [2.05, 4.69) is 20.6 Å². The van der Waals surface area contributed by atoms with Gasteiger partial charge in [0.2, 0.25) is 5.88 Å². The highest BCUT2D eigenvalue weighted by molar-refractivity contribution is 7.21. The van der Waals surface area contributed by atoms with Gasteiger partial charge in [-0.3, -0.25) is 9.69 Å². The molecular formula is C27H26N6O3S. The van der Waals surface area contributed by atoms with Gasteiger partial charge in [0.15, 0.2) is 0 Å². The van der Waals surface area contributed by atoms with Crippen LogP contribution in [0.2, 0.25) is 0 Å². The van der Waals surface area contributed by atoms with E-state index in [0.29, 0.717) is 38.4 Å². The maximum absolute atomic E-state index is 13.4. The molecule has 1 aliphatic heterocycles. The van der Waals surface area contributed by atoms with Gasteiger partial charge in [0.25, 0.3) is 5.91 Å². The predicted molar refractivity (Wildman–Crippen MR) is 144 cm³/mol. The van der Waals surface area contributed by atoms with Crippen molar-refractivity contribution < 1.29 is 14.3 Å². The Kier molecular flexibility index (Phi) is 5.97. The zero-order valence-electron chi connectivity index (χ0n) is 20.2. The standard InChI is InChI=1S/C27H26N6O3S/c1-15-13-21(36-16-7-3-2-4-8-16)30-14-20(15)33-19-11-12-29-26-22(19)23(32-27(33)35)24(37-26)25(34)31-18-10-6-5-9-17(18)28/h2-4,7-8,11-14,17-18H,5-6,9-10,28H2,1H3,(H,31,34)(H,32,35)/t17-,18-/m1/s1. The van der Waals surface area contributed by atoms with Gasteiger partial charge in [0.05, 0.1) is 28.6 Å². The van der Waals surface area contributed by atoms with Gasteiger partial charge in [0.1, 0.15) is 15.5 Å². The minimum Gasteiger partial charge on any atom is -0.439 e. The molecule has 1 fully saturated rings. The van der Waals surface area contributed by atoms with Gasteiger partial charge >= 0.3 is 6.03 Å². The third kappa shape index (κ3) is 4.28. The summed E-state index contributed by atoms with van der Waals surface area (Å²) in [7, 11) is 0. The first-order valence-electron chi connectivity index (χ1n) is 12.3. The molecule has 0 saturated heterocycles. The van der Waals surface area contributed by atoms with Crippen molar-refractivity contribution in [2.45, 2.75) is 44.7 Å². The van der Waals surface area contributed by atoms with Crippen molar-refractivity contribution in [2.24, 2.45) is 5.73 Å². The Morgan fingerprint density at radius 2 is 1.97 bits per heavy atom. The minimum atomic E-state index is -0.372. The number of benzene rings is 1. The second-order valence-corrected chi connectivity index (χ2v) is 10.3. The number of aromatic nitrogens is 2. The number of nitrogens with zero attached hydrogens (tertiary/aromatic N) is 3. The van der Waals surface area contributed by atoms with E-state index in [1.165, 1.54) is 11.3 Å². The SMILES string of the molecule is Cc1cc(Oc2ccccc2)ncc1N1C(=O)Nc2c(C(=O)N[C@@H]3CCCC[C@H]3N)sc3nccc1c23. The molecule has 0 bridgehead atoms. The summed E-state index contributed by atoms with van der Waals surface area (Å²) in [5, 5.41) is 6.76. The fourth-order valence-electron chi connectivity index (χ4n) is 4.98. The first kappa shape index (κ1) is 23.4. The predicted octanol–water partition coefficient (Wildman–Crippen LogP) is 5.48. The lowest BCUT2D eigenvalue weighted by molar-refractivity contribution is 0.0926. The smallest absolute Gasteiger partial charge is 0.331 e. The van der Waals surface area contributed by atoms with Crippen LogP contribution in [0, 0.1) is 6.92 Å². The average molecular weight is 515 g/mol. The third-order valence-electron chi connectivity index (χ3n) is 6.85. The Balaban J connectivity index is 1.34. The largest absolute Gasteiger partial charge is 0.439 e. The lowest BCUT2D eigenvalue weighted by atomic mass is 9.91. The fourth-order valence-corrected chi connectivity index (χ4v) is 6.00. The summed E-state index contributed by atoms with van der Waals surface area (Å²) in [5.74, 6) is 0.873. The number of rotatable bonds is 5. The molecule has 10 heteroatoms. The summed E-state index contributed by atoms with van der Waals surface area (Å²) in [4.78, 5) is 38.3. The topological polar surface area (TPSA) is 122 Å². The molecule has 1 aliphatic carbocycles. The van der Waals surface area contributed by atoms with E-state index >= 15 is 0 Å². The summed E-state index contributed by atoms with van der Waals surface area (Å²) in [5.41, 5.74) is 8.80. The molecule has 1 saturated carbocycles. The quantitative estimate of drug-likeness (QED) is 0.324. The lowest BCUT2D eigenvalue weighted by Crippen LogP contribution is -2.49. The van der Waals surface area contributed by atoms with Crippen molar-refractivity contribution in [3.05, 3.63) is 65.3 Å². The van der Waals surface area contributed by atoms with E-state index in [4.69, 9.17) is 10.5 Å². The first-order valence-corrected chi connectivity index (χ1v) is 13.1. The normalized spacial score (nSPS) is 19.0. The highest BCUT2D eigenvalue weighted by Gasteiger charge is 2.34. The van der Waals surface area contributed by atoms with Crippen molar-refractivity contribution in [1.29, 1.82) is 0 Å². The van der Waals surface area contributed by atoms with Crippen LogP contribution in [0.1, 0.15) is 40.9 Å². The molecule has 9 nitrogen and oxygen atoms in total. The number of urea groups is 1. The lowest BCUT2D eigenvalue weighted by Gasteiger charge is -2.30. The number of pyridine rings is 2. The number of anilines is 3. The molecular weight excluding hydrogens is 488 g/mol. The monoisotopic (exact) mass is 514 g/mol. The molecule has 0 spiro atoms. The number of amides is 3. The molecule has 4 N–H and O–H groups in total. The molecule has 3 amide bonds. The molecule has 4 aromatic rings. The Morgan fingerprint density at radius 3 is 2.76 bits per heavy atom. The summed E-state index contributed by atoms with van der Waals surface area (Å²) >= 11 is 1.27.